The second-order valence-electron chi connectivity index (χ2n) is 3.93. The lowest BCUT2D eigenvalue weighted by molar-refractivity contribution is 0.114. The molecule has 2 heteroatoms. The molecule has 1 saturated heterocycles. The number of hydrogen-bond acceptors (Lipinski definition) is 2. The summed E-state index contributed by atoms with van der Waals surface area (Å²) in [6.07, 6.45) is 2.88. The molecule has 15 heavy (non-hydrogen) atoms. The first-order valence-electron chi connectivity index (χ1n) is 5.70. The van der Waals surface area contributed by atoms with Crippen LogP contribution in [0.1, 0.15) is 31.4 Å². The second-order valence-corrected chi connectivity index (χ2v) is 3.93. The second kappa shape index (κ2) is 5.29. The smallest absolute Gasteiger partial charge is 0.112 e. The maximum atomic E-state index is 5.56. The number of unbranched alkanes of at least 4 members (excludes halogenated alkanes) is 1. The predicted octanol–water partition coefficient (Wildman–Crippen LogP) is 2.94. The van der Waals surface area contributed by atoms with E-state index < -0.39 is 0 Å². The molecule has 0 N–H and O–H groups in total. The highest BCUT2D eigenvalue weighted by molar-refractivity contribution is 5.22. The quantitative estimate of drug-likeness (QED) is 0.527. The Bertz CT molecular complexity index is 284. The lowest BCUT2D eigenvalue weighted by Crippen LogP contribution is -2.03. The lowest BCUT2D eigenvalue weighted by atomic mass is 10.1. The Kier molecular flexibility index (Phi) is 3.75. The molecule has 0 aliphatic carbocycles. The van der Waals surface area contributed by atoms with E-state index in [1.807, 2.05) is 18.2 Å². The van der Waals surface area contributed by atoms with Crippen molar-refractivity contribution in [3.8, 4) is 0 Å². The van der Waals surface area contributed by atoms with E-state index in [2.05, 4.69) is 19.1 Å². The van der Waals surface area contributed by atoms with Crippen LogP contribution < -0.4 is 0 Å². The van der Waals surface area contributed by atoms with Gasteiger partial charge in [0.15, 0.2) is 0 Å². The molecule has 2 rings (SSSR count). The molecule has 1 aliphatic heterocycles. The monoisotopic (exact) mass is 206 g/mol. The van der Waals surface area contributed by atoms with E-state index in [1.54, 1.807) is 0 Å². The Balaban J connectivity index is 1.68. The highest BCUT2D eigenvalue weighted by atomic mass is 16.6. The highest BCUT2D eigenvalue weighted by Gasteiger charge is 2.39. The highest BCUT2D eigenvalue weighted by Crippen LogP contribution is 2.38. The summed E-state index contributed by atoms with van der Waals surface area (Å²) in [5, 5.41) is 0. The lowest BCUT2D eigenvalue weighted by Gasteiger charge is -1.99. The molecule has 1 heterocycles. The standard InChI is InChI=1S/C13H18O2/c1-2-3-9-14-10-12-13(15-12)11-7-5-4-6-8-11/h4-8,12-13H,2-3,9-10H2,1H3. The van der Waals surface area contributed by atoms with Crippen LogP contribution in [-0.4, -0.2) is 19.3 Å². The third kappa shape index (κ3) is 3.05. The zero-order chi connectivity index (χ0) is 10.5. The zero-order valence-electron chi connectivity index (χ0n) is 9.19. The Morgan fingerprint density at radius 2 is 2.07 bits per heavy atom. The Morgan fingerprint density at radius 1 is 1.27 bits per heavy atom. The van der Waals surface area contributed by atoms with Crippen molar-refractivity contribution in [3.05, 3.63) is 35.9 Å². The molecular formula is C13H18O2. The fraction of sp³-hybridized carbons (Fsp3) is 0.538. The van der Waals surface area contributed by atoms with Crippen molar-refractivity contribution < 1.29 is 9.47 Å². The molecule has 1 fully saturated rings. The van der Waals surface area contributed by atoms with E-state index in [0.29, 0.717) is 0 Å². The van der Waals surface area contributed by atoms with Gasteiger partial charge in [0.25, 0.3) is 0 Å². The van der Waals surface area contributed by atoms with Gasteiger partial charge < -0.3 is 9.47 Å². The molecule has 0 bridgehead atoms. The van der Waals surface area contributed by atoms with Gasteiger partial charge in [0.2, 0.25) is 0 Å². The molecule has 0 aromatic heterocycles. The molecule has 2 atom stereocenters. The van der Waals surface area contributed by atoms with Crippen LogP contribution in [0, 0.1) is 0 Å². The van der Waals surface area contributed by atoms with Gasteiger partial charge in [0.1, 0.15) is 12.2 Å². The maximum Gasteiger partial charge on any atom is 0.112 e. The average molecular weight is 206 g/mol. The number of hydrogen-bond donors (Lipinski definition) is 0. The van der Waals surface area contributed by atoms with Crippen molar-refractivity contribution in [2.24, 2.45) is 0 Å². The van der Waals surface area contributed by atoms with Gasteiger partial charge in [-0.25, -0.2) is 0 Å². The molecule has 0 saturated carbocycles. The van der Waals surface area contributed by atoms with Crippen molar-refractivity contribution in [3.63, 3.8) is 0 Å². The molecule has 0 amide bonds. The largest absolute Gasteiger partial charge is 0.379 e. The summed E-state index contributed by atoms with van der Waals surface area (Å²) in [6, 6.07) is 10.3. The number of benzene rings is 1. The van der Waals surface area contributed by atoms with Crippen molar-refractivity contribution in [1.29, 1.82) is 0 Å². The van der Waals surface area contributed by atoms with E-state index in [9.17, 15) is 0 Å². The van der Waals surface area contributed by atoms with Gasteiger partial charge in [-0.2, -0.15) is 0 Å². The summed E-state index contributed by atoms with van der Waals surface area (Å²) < 4.78 is 11.1. The Hall–Kier alpha value is -0.860. The summed E-state index contributed by atoms with van der Waals surface area (Å²) in [6.45, 7) is 3.77. The predicted molar refractivity (Wildman–Crippen MR) is 59.8 cm³/mol. The van der Waals surface area contributed by atoms with Crippen LogP contribution in [0.25, 0.3) is 0 Å². The van der Waals surface area contributed by atoms with Crippen LogP contribution >= 0.6 is 0 Å². The van der Waals surface area contributed by atoms with Crippen LogP contribution in [0.5, 0.6) is 0 Å². The first kappa shape index (κ1) is 10.7. The Labute approximate surface area is 91.2 Å². The van der Waals surface area contributed by atoms with Crippen molar-refractivity contribution >= 4 is 0 Å². The van der Waals surface area contributed by atoms with Crippen molar-refractivity contribution in [1.82, 2.24) is 0 Å². The van der Waals surface area contributed by atoms with E-state index in [1.165, 1.54) is 12.0 Å². The molecule has 1 aliphatic rings. The Morgan fingerprint density at radius 3 is 2.80 bits per heavy atom. The van der Waals surface area contributed by atoms with Crippen LogP contribution in [0.4, 0.5) is 0 Å². The molecular weight excluding hydrogens is 188 g/mol. The van der Waals surface area contributed by atoms with Gasteiger partial charge in [-0.15, -0.1) is 0 Å². The molecule has 0 spiro atoms. The van der Waals surface area contributed by atoms with Crippen LogP contribution in [0.2, 0.25) is 0 Å². The number of ether oxygens (including phenoxy) is 2. The van der Waals surface area contributed by atoms with Gasteiger partial charge in [0, 0.05) is 6.61 Å². The van der Waals surface area contributed by atoms with E-state index >= 15 is 0 Å². The number of epoxide rings is 1. The zero-order valence-corrected chi connectivity index (χ0v) is 9.19. The first-order valence-corrected chi connectivity index (χ1v) is 5.70. The molecule has 0 radical (unpaired) electrons. The minimum absolute atomic E-state index is 0.271. The van der Waals surface area contributed by atoms with Crippen molar-refractivity contribution in [2.45, 2.75) is 32.0 Å². The molecule has 2 unspecified atom stereocenters. The SMILES string of the molecule is CCCCOCC1OC1c1ccccc1. The summed E-state index contributed by atoms with van der Waals surface area (Å²) in [5.41, 5.74) is 1.27. The summed E-state index contributed by atoms with van der Waals surface area (Å²) >= 11 is 0. The van der Waals surface area contributed by atoms with Gasteiger partial charge in [-0.05, 0) is 12.0 Å². The topological polar surface area (TPSA) is 21.8 Å². The molecule has 1 aromatic rings. The van der Waals surface area contributed by atoms with Crippen molar-refractivity contribution in [2.75, 3.05) is 13.2 Å². The molecule has 82 valence electrons. The average Bonchev–Trinajstić information content (AvgIpc) is 3.05. The van der Waals surface area contributed by atoms with Gasteiger partial charge in [0.05, 0.1) is 6.61 Å². The van der Waals surface area contributed by atoms with E-state index in [0.717, 1.165) is 19.6 Å². The minimum Gasteiger partial charge on any atom is -0.379 e. The fourth-order valence-electron chi connectivity index (χ4n) is 1.65. The molecule has 2 nitrogen and oxygen atoms in total. The van der Waals surface area contributed by atoms with Gasteiger partial charge >= 0.3 is 0 Å². The third-order valence-electron chi connectivity index (χ3n) is 2.63. The normalized spacial score (nSPS) is 24.1. The summed E-state index contributed by atoms with van der Waals surface area (Å²) in [4.78, 5) is 0. The van der Waals surface area contributed by atoms with Crippen LogP contribution in [0.3, 0.4) is 0 Å². The first-order chi connectivity index (χ1) is 7.42. The van der Waals surface area contributed by atoms with Crippen LogP contribution in [-0.2, 0) is 9.47 Å². The summed E-state index contributed by atoms with van der Waals surface area (Å²) in [7, 11) is 0. The number of rotatable bonds is 6. The van der Waals surface area contributed by atoms with E-state index in [4.69, 9.17) is 9.47 Å². The maximum absolute atomic E-state index is 5.56. The van der Waals surface area contributed by atoms with Crippen LogP contribution in [0.15, 0.2) is 30.3 Å². The summed E-state index contributed by atoms with van der Waals surface area (Å²) in [5.74, 6) is 0. The van der Waals surface area contributed by atoms with Gasteiger partial charge in [-0.3, -0.25) is 0 Å². The van der Waals surface area contributed by atoms with Gasteiger partial charge in [-0.1, -0.05) is 43.7 Å². The third-order valence-corrected chi connectivity index (χ3v) is 2.63. The molecule has 1 aromatic carbocycles. The minimum atomic E-state index is 0.271. The van der Waals surface area contributed by atoms with E-state index in [-0.39, 0.29) is 12.2 Å². The fourth-order valence-corrected chi connectivity index (χ4v) is 1.65.